The summed E-state index contributed by atoms with van der Waals surface area (Å²) in [5.41, 5.74) is 1.34. The minimum atomic E-state index is -0.829. The van der Waals surface area contributed by atoms with E-state index < -0.39 is 6.09 Å². The molecule has 3 N–H and O–H groups in total. The Bertz CT molecular complexity index is 939. The highest BCUT2D eigenvalue weighted by Gasteiger charge is 2.50. The molecule has 9 nitrogen and oxygen atoms in total. The van der Waals surface area contributed by atoms with E-state index in [0.717, 1.165) is 37.8 Å². The number of hydrogen-bond acceptors (Lipinski definition) is 5. The third kappa shape index (κ3) is 4.24. The number of amides is 2. The van der Waals surface area contributed by atoms with Crippen molar-refractivity contribution in [2.24, 2.45) is 0 Å². The van der Waals surface area contributed by atoms with E-state index in [9.17, 15) is 14.7 Å². The van der Waals surface area contributed by atoms with Crippen molar-refractivity contribution < 1.29 is 19.4 Å². The Morgan fingerprint density at radius 3 is 2.87 bits per heavy atom. The van der Waals surface area contributed by atoms with Gasteiger partial charge in [0, 0.05) is 35.3 Å². The molecule has 30 heavy (non-hydrogen) atoms. The molecule has 0 aromatic carbocycles. The summed E-state index contributed by atoms with van der Waals surface area (Å²) in [7, 11) is 1.53. The standard InChI is InChI=1S/C21H27N5O4/c1-21(8-9-21)26(20(28)29)15-7-6-13(10-15)16-12-17(25-24-16)23-18(27)11-14-4-3-5-19(22-14)30-2/h3-5,12-13,15H,6-11H2,1-2H3,(H,28,29)(H2,23,24,25,27)/t13-,15+/m0/s1. The molecule has 2 aliphatic rings. The van der Waals surface area contributed by atoms with Crippen molar-refractivity contribution in [1.82, 2.24) is 20.1 Å². The summed E-state index contributed by atoms with van der Waals surface area (Å²) in [6.07, 6.45) is 3.67. The van der Waals surface area contributed by atoms with Gasteiger partial charge in [-0.25, -0.2) is 9.78 Å². The Morgan fingerprint density at radius 1 is 1.37 bits per heavy atom. The van der Waals surface area contributed by atoms with E-state index in [1.165, 1.54) is 7.11 Å². The van der Waals surface area contributed by atoms with Gasteiger partial charge in [0.2, 0.25) is 11.8 Å². The van der Waals surface area contributed by atoms with Gasteiger partial charge in [0.25, 0.3) is 0 Å². The van der Waals surface area contributed by atoms with Gasteiger partial charge >= 0.3 is 6.09 Å². The first-order chi connectivity index (χ1) is 14.4. The molecule has 0 bridgehead atoms. The van der Waals surface area contributed by atoms with Crippen LogP contribution in [0.4, 0.5) is 10.6 Å². The maximum Gasteiger partial charge on any atom is 0.408 e. The number of carbonyl (C=O) groups excluding carboxylic acids is 1. The number of nitrogens with one attached hydrogen (secondary N) is 2. The van der Waals surface area contributed by atoms with Crippen LogP contribution in [0, 0.1) is 0 Å². The van der Waals surface area contributed by atoms with Crippen LogP contribution in [0.1, 0.15) is 56.3 Å². The number of rotatable bonds is 7. The van der Waals surface area contributed by atoms with Crippen molar-refractivity contribution in [3.05, 3.63) is 35.7 Å². The zero-order chi connectivity index (χ0) is 21.3. The van der Waals surface area contributed by atoms with Crippen molar-refractivity contribution in [2.75, 3.05) is 12.4 Å². The van der Waals surface area contributed by atoms with Crippen LogP contribution in [-0.4, -0.2) is 55.9 Å². The summed E-state index contributed by atoms with van der Waals surface area (Å²) in [5, 5.41) is 19.7. The summed E-state index contributed by atoms with van der Waals surface area (Å²) in [6.45, 7) is 2.02. The van der Waals surface area contributed by atoms with Crippen molar-refractivity contribution >= 4 is 17.8 Å². The number of hydrogen-bond donors (Lipinski definition) is 3. The average Bonchev–Trinajstić information content (AvgIpc) is 3.09. The summed E-state index contributed by atoms with van der Waals surface area (Å²) < 4.78 is 5.08. The van der Waals surface area contributed by atoms with E-state index in [1.54, 1.807) is 23.1 Å². The number of pyridine rings is 1. The lowest BCUT2D eigenvalue weighted by Crippen LogP contribution is -2.45. The van der Waals surface area contributed by atoms with Crippen LogP contribution in [0.5, 0.6) is 5.88 Å². The molecule has 2 atom stereocenters. The largest absolute Gasteiger partial charge is 0.481 e. The van der Waals surface area contributed by atoms with E-state index >= 15 is 0 Å². The van der Waals surface area contributed by atoms with Gasteiger partial charge in [0.1, 0.15) is 0 Å². The summed E-state index contributed by atoms with van der Waals surface area (Å²) in [4.78, 5) is 30.0. The Balaban J connectivity index is 1.35. The van der Waals surface area contributed by atoms with Gasteiger partial charge < -0.3 is 15.2 Å². The maximum atomic E-state index is 12.3. The second-order valence-electron chi connectivity index (χ2n) is 8.42. The first kappa shape index (κ1) is 20.2. The minimum Gasteiger partial charge on any atom is -0.481 e. The summed E-state index contributed by atoms with van der Waals surface area (Å²) in [5.74, 6) is 0.924. The molecule has 4 rings (SSSR count). The minimum absolute atomic E-state index is 0.0282. The first-order valence-corrected chi connectivity index (χ1v) is 10.3. The quantitative estimate of drug-likeness (QED) is 0.641. The molecule has 2 aromatic heterocycles. The van der Waals surface area contributed by atoms with Gasteiger partial charge in [-0.3, -0.25) is 14.8 Å². The predicted octanol–water partition coefficient (Wildman–Crippen LogP) is 3.16. The Kier molecular flexibility index (Phi) is 5.36. The van der Waals surface area contributed by atoms with Crippen LogP contribution in [0.25, 0.3) is 0 Å². The summed E-state index contributed by atoms with van der Waals surface area (Å²) in [6, 6.07) is 7.16. The third-order valence-corrected chi connectivity index (χ3v) is 6.17. The monoisotopic (exact) mass is 413 g/mol. The topological polar surface area (TPSA) is 120 Å². The predicted molar refractivity (Wildman–Crippen MR) is 110 cm³/mol. The number of aromatic amines is 1. The molecule has 2 amide bonds. The van der Waals surface area contributed by atoms with E-state index in [2.05, 4.69) is 20.5 Å². The van der Waals surface area contributed by atoms with Gasteiger partial charge in [-0.15, -0.1) is 0 Å². The number of nitrogens with zero attached hydrogens (tertiary/aromatic N) is 3. The number of carbonyl (C=O) groups is 2. The average molecular weight is 413 g/mol. The molecule has 9 heteroatoms. The van der Waals surface area contributed by atoms with Gasteiger partial charge in [-0.1, -0.05) is 6.07 Å². The highest BCUT2D eigenvalue weighted by atomic mass is 16.5. The van der Waals surface area contributed by atoms with Gasteiger partial charge in [-0.05, 0) is 45.1 Å². The van der Waals surface area contributed by atoms with Crippen molar-refractivity contribution in [3.63, 3.8) is 0 Å². The lowest BCUT2D eigenvalue weighted by Gasteiger charge is -2.32. The zero-order valence-electron chi connectivity index (χ0n) is 17.2. The van der Waals surface area contributed by atoms with E-state index in [-0.39, 0.29) is 29.8 Å². The molecular formula is C21H27N5O4. The fourth-order valence-corrected chi connectivity index (χ4v) is 4.36. The number of H-pyrrole nitrogens is 1. The lowest BCUT2D eigenvalue weighted by atomic mass is 10.0. The van der Waals surface area contributed by atoms with Crippen molar-refractivity contribution in [3.8, 4) is 5.88 Å². The normalized spacial score (nSPS) is 21.8. The van der Waals surface area contributed by atoms with Crippen molar-refractivity contribution in [2.45, 2.75) is 62.9 Å². The zero-order valence-corrected chi connectivity index (χ0v) is 17.2. The van der Waals surface area contributed by atoms with Crippen LogP contribution in [0.3, 0.4) is 0 Å². The molecule has 2 saturated carbocycles. The first-order valence-electron chi connectivity index (χ1n) is 10.3. The fourth-order valence-electron chi connectivity index (χ4n) is 4.36. The molecule has 2 fully saturated rings. The SMILES string of the molecule is COc1cccc(CC(=O)Nc2cc([C@H]3CC[C@@H](N(C(=O)O)C4(C)CC4)C3)[nH]n2)n1. The van der Waals surface area contributed by atoms with E-state index in [4.69, 9.17) is 4.74 Å². The molecule has 2 heterocycles. The Morgan fingerprint density at radius 2 is 2.17 bits per heavy atom. The number of ether oxygens (including phenoxy) is 1. The third-order valence-electron chi connectivity index (χ3n) is 6.17. The number of aromatic nitrogens is 3. The fraction of sp³-hybridized carbons (Fsp3) is 0.524. The molecular weight excluding hydrogens is 386 g/mol. The van der Waals surface area contributed by atoms with E-state index in [1.807, 2.05) is 13.0 Å². The number of carboxylic acid groups (broad SMARTS) is 1. The number of anilines is 1. The van der Waals surface area contributed by atoms with Crippen LogP contribution in [-0.2, 0) is 11.2 Å². The van der Waals surface area contributed by atoms with Gasteiger partial charge in [-0.2, -0.15) is 5.10 Å². The van der Waals surface area contributed by atoms with Crippen LogP contribution >= 0.6 is 0 Å². The van der Waals surface area contributed by atoms with Gasteiger partial charge in [0.15, 0.2) is 5.82 Å². The molecule has 0 aliphatic heterocycles. The second kappa shape index (κ2) is 7.97. The van der Waals surface area contributed by atoms with Crippen LogP contribution in [0.15, 0.2) is 24.3 Å². The second-order valence-corrected chi connectivity index (χ2v) is 8.42. The molecule has 0 saturated heterocycles. The summed E-state index contributed by atoms with van der Waals surface area (Å²) >= 11 is 0. The van der Waals surface area contributed by atoms with E-state index in [0.29, 0.717) is 17.4 Å². The highest BCUT2D eigenvalue weighted by Crippen LogP contribution is 2.47. The van der Waals surface area contributed by atoms with Crippen LogP contribution in [0.2, 0.25) is 0 Å². The maximum absolute atomic E-state index is 12.3. The van der Waals surface area contributed by atoms with Crippen LogP contribution < -0.4 is 10.1 Å². The highest BCUT2D eigenvalue weighted by molar-refractivity contribution is 5.91. The number of methoxy groups -OCH3 is 1. The smallest absolute Gasteiger partial charge is 0.408 e. The molecule has 0 radical (unpaired) electrons. The molecule has 160 valence electrons. The Hall–Kier alpha value is -3.10. The Labute approximate surface area is 174 Å². The van der Waals surface area contributed by atoms with Crippen molar-refractivity contribution in [1.29, 1.82) is 0 Å². The molecule has 0 spiro atoms. The molecule has 2 aromatic rings. The lowest BCUT2D eigenvalue weighted by molar-refractivity contribution is -0.115. The molecule has 2 aliphatic carbocycles. The molecule has 0 unspecified atom stereocenters. The van der Waals surface area contributed by atoms with Gasteiger partial charge in [0.05, 0.1) is 19.2 Å².